The van der Waals surface area contributed by atoms with E-state index in [1.54, 1.807) is 14.2 Å². The molecule has 0 unspecified atom stereocenters. The fraction of sp³-hybridized carbons (Fsp3) is 0.333. The molecular weight excluding hydrogens is 264 g/mol. The number of benzene rings is 2. The van der Waals surface area contributed by atoms with Crippen LogP contribution in [0.3, 0.4) is 0 Å². The van der Waals surface area contributed by atoms with Crippen LogP contribution in [0.1, 0.15) is 25.0 Å². The summed E-state index contributed by atoms with van der Waals surface area (Å²) in [6.07, 6.45) is 0. The van der Waals surface area contributed by atoms with Gasteiger partial charge in [-0.05, 0) is 23.6 Å². The fourth-order valence-corrected chi connectivity index (χ4v) is 2.69. The van der Waals surface area contributed by atoms with Crippen molar-refractivity contribution in [2.75, 3.05) is 14.2 Å². The predicted octanol–water partition coefficient (Wildman–Crippen LogP) is 3.60. The van der Waals surface area contributed by atoms with Crippen LogP contribution >= 0.6 is 0 Å². The molecule has 1 N–H and O–H groups in total. The van der Waals surface area contributed by atoms with Gasteiger partial charge >= 0.3 is 0 Å². The summed E-state index contributed by atoms with van der Waals surface area (Å²) in [4.78, 5) is 0. The van der Waals surface area contributed by atoms with Crippen LogP contribution in [-0.2, 0) is 5.60 Å². The van der Waals surface area contributed by atoms with Crippen LogP contribution in [0.25, 0.3) is 0 Å². The molecule has 0 aliphatic rings. The maximum absolute atomic E-state index is 11.5. The second-order valence-electron chi connectivity index (χ2n) is 5.32. The van der Waals surface area contributed by atoms with Gasteiger partial charge in [-0.2, -0.15) is 0 Å². The zero-order valence-corrected chi connectivity index (χ0v) is 13.0. The molecule has 2 aromatic rings. The van der Waals surface area contributed by atoms with E-state index in [-0.39, 0.29) is 5.92 Å². The Morgan fingerprint density at radius 2 is 1.38 bits per heavy atom. The summed E-state index contributed by atoms with van der Waals surface area (Å²) in [6.45, 7) is 3.97. The standard InChI is InChI=1S/C18H22O3/c1-13(2)18(19,14-9-6-5-7-10-14)17-15(20-3)11-8-12-16(17)21-4/h5-13,19H,1-4H3/t18-/m1/s1. The van der Waals surface area contributed by atoms with Gasteiger partial charge in [0, 0.05) is 0 Å². The first-order chi connectivity index (χ1) is 10.1. The van der Waals surface area contributed by atoms with E-state index in [1.807, 2.05) is 62.4 Å². The average molecular weight is 286 g/mol. The lowest BCUT2D eigenvalue weighted by atomic mass is 9.77. The van der Waals surface area contributed by atoms with Crippen molar-refractivity contribution in [3.8, 4) is 11.5 Å². The van der Waals surface area contributed by atoms with Crippen LogP contribution < -0.4 is 9.47 Å². The molecule has 0 spiro atoms. The summed E-state index contributed by atoms with van der Waals surface area (Å²) in [6, 6.07) is 15.2. The lowest BCUT2D eigenvalue weighted by molar-refractivity contribution is 0.0271. The summed E-state index contributed by atoms with van der Waals surface area (Å²) in [7, 11) is 3.20. The Labute approximate surface area is 126 Å². The van der Waals surface area contributed by atoms with Crippen molar-refractivity contribution in [3.05, 3.63) is 59.7 Å². The average Bonchev–Trinajstić information content (AvgIpc) is 2.53. The lowest BCUT2D eigenvalue weighted by Crippen LogP contribution is -2.34. The van der Waals surface area contributed by atoms with Crippen molar-refractivity contribution in [1.82, 2.24) is 0 Å². The Hall–Kier alpha value is -2.00. The highest BCUT2D eigenvalue weighted by Gasteiger charge is 2.40. The van der Waals surface area contributed by atoms with Crippen molar-refractivity contribution in [3.63, 3.8) is 0 Å². The quantitative estimate of drug-likeness (QED) is 0.912. The number of hydrogen-bond acceptors (Lipinski definition) is 3. The van der Waals surface area contributed by atoms with E-state index >= 15 is 0 Å². The van der Waals surface area contributed by atoms with Crippen molar-refractivity contribution < 1.29 is 14.6 Å². The summed E-state index contributed by atoms with van der Waals surface area (Å²) in [5.74, 6) is 1.19. The van der Waals surface area contributed by atoms with Crippen molar-refractivity contribution in [1.29, 1.82) is 0 Å². The van der Waals surface area contributed by atoms with Crippen molar-refractivity contribution in [2.24, 2.45) is 5.92 Å². The molecule has 0 saturated heterocycles. The maximum Gasteiger partial charge on any atom is 0.129 e. The van der Waals surface area contributed by atoms with Crippen LogP contribution in [-0.4, -0.2) is 19.3 Å². The highest BCUT2D eigenvalue weighted by molar-refractivity contribution is 5.53. The van der Waals surface area contributed by atoms with Gasteiger partial charge in [-0.1, -0.05) is 50.2 Å². The maximum atomic E-state index is 11.5. The van der Waals surface area contributed by atoms with E-state index in [1.165, 1.54) is 0 Å². The molecule has 3 heteroatoms. The van der Waals surface area contributed by atoms with Crippen molar-refractivity contribution >= 4 is 0 Å². The van der Waals surface area contributed by atoms with Gasteiger partial charge in [-0.15, -0.1) is 0 Å². The fourth-order valence-electron chi connectivity index (χ4n) is 2.69. The molecule has 0 aromatic heterocycles. The van der Waals surface area contributed by atoms with Gasteiger partial charge in [0.05, 0.1) is 19.8 Å². The molecule has 2 aromatic carbocycles. The molecular formula is C18H22O3. The largest absolute Gasteiger partial charge is 0.496 e. The number of hydrogen-bond donors (Lipinski definition) is 1. The van der Waals surface area contributed by atoms with Gasteiger partial charge in [-0.25, -0.2) is 0 Å². The van der Waals surface area contributed by atoms with Gasteiger partial charge in [-0.3, -0.25) is 0 Å². The summed E-state index contributed by atoms with van der Waals surface area (Å²) >= 11 is 0. The Balaban J connectivity index is 2.75. The Morgan fingerprint density at radius 1 is 0.857 bits per heavy atom. The normalized spacial score (nSPS) is 13.8. The second-order valence-corrected chi connectivity index (χ2v) is 5.32. The van der Waals surface area contributed by atoms with E-state index in [2.05, 4.69) is 0 Å². The molecule has 0 aliphatic heterocycles. The minimum absolute atomic E-state index is 0.0508. The zero-order valence-electron chi connectivity index (χ0n) is 13.0. The van der Waals surface area contributed by atoms with Gasteiger partial charge < -0.3 is 14.6 Å². The van der Waals surface area contributed by atoms with E-state index in [0.717, 1.165) is 5.56 Å². The molecule has 0 amide bonds. The summed E-state index contributed by atoms with van der Waals surface area (Å²) < 4.78 is 10.9. The topological polar surface area (TPSA) is 38.7 Å². The van der Waals surface area contributed by atoms with Crippen LogP contribution in [0, 0.1) is 5.92 Å². The Kier molecular flexibility index (Phi) is 4.53. The number of ether oxygens (including phenoxy) is 2. The molecule has 3 nitrogen and oxygen atoms in total. The molecule has 0 radical (unpaired) electrons. The van der Waals surface area contributed by atoms with Gasteiger partial charge in [0.2, 0.25) is 0 Å². The summed E-state index contributed by atoms with van der Waals surface area (Å²) in [5.41, 5.74) is 0.304. The molecule has 0 fully saturated rings. The first-order valence-electron chi connectivity index (χ1n) is 7.05. The Morgan fingerprint density at radius 3 is 1.81 bits per heavy atom. The number of methoxy groups -OCH3 is 2. The van der Waals surface area contributed by atoms with Crippen LogP contribution in [0.4, 0.5) is 0 Å². The second kappa shape index (κ2) is 6.19. The molecule has 112 valence electrons. The van der Waals surface area contributed by atoms with E-state index in [0.29, 0.717) is 17.1 Å². The van der Waals surface area contributed by atoms with Crippen LogP contribution in [0.2, 0.25) is 0 Å². The predicted molar refractivity (Wildman–Crippen MR) is 83.8 cm³/mol. The van der Waals surface area contributed by atoms with E-state index in [9.17, 15) is 5.11 Å². The lowest BCUT2D eigenvalue weighted by Gasteiger charge is -2.35. The van der Waals surface area contributed by atoms with Gasteiger partial charge in [0.25, 0.3) is 0 Å². The minimum atomic E-state index is -1.18. The minimum Gasteiger partial charge on any atom is -0.496 e. The number of aliphatic hydroxyl groups is 1. The highest BCUT2D eigenvalue weighted by Crippen LogP contribution is 2.45. The zero-order chi connectivity index (χ0) is 15.5. The van der Waals surface area contributed by atoms with E-state index < -0.39 is 5.60 Å². The van der Waals surface area contributed by atoms with Crippen LogP contribution in [0.5, 0.6) is 11.5 Å². The first kappa shape index (κ1) is 15.4. The van der Waals surface area contributed by atoms with Gasteiger partial charge in [0.15, 0.2) is 0 Å². The molecule has 21 heavy (non-hydrogen) atoms. The molecule has 0 aliphatic carbocycles. The third-order valence-electron chi connectivity index (χ3n) is 3.86. The molecule has 1 atom stereocenters. The smallest absolute Gasteiger partial charge is 0.129 e. The van der Waals surface area contributed by atoms with E-state index in [4.69, 9.17) is 9.47 Å². The molecule has 0 bridgehead atoms. The third kappa shape index (κ3) is 2.61. The highest BCUT2D eigenvalue weighted by atomic mass is 16.5. The van der Waals surface area contributed by atoms with Crippen molar-refractivity contribution in [2.45, 2.75) is 19.4 Å². The SMILES string of the molecule is COc1cccc(OC)c1[C@](O)(c1ccccc1)C(C)C. The third-order valence-corrected chi connectivity index (χ3v) is 3.86. The number of rotatable bonds is 5. The van der Waals surface area contributed by atoms with Gasteiger partial charge in [0.1, 0.15) is 17.1 Å². The Bertz CT molecular complexity index is 570. The summed E-state index contributed by atoms with van der Waals surface area (Å²) in [5, 5.41) is 11.5. The monoisotopic (exact) mass is 286 g/mol. The molecule has 2 rings (SSSR count). The molecule has 0 saturated carbocycles. The van der Waals surface area contributed by atoms with Crippen LogP contribution in [0.15, 0.2) is 48.5 Å². The molecule has 0 heterocycles. The first-order valence-corrected chi connectivity index (χ1v) is 7.05.